The Morgan fingerprint density at radius 3 is 1.94 bits per heavy atom. The summed E-state index contributed by atoms with van der Waals surface area (Å²) in [5.74, 6) is 1.20. The number of carbonyl (C=O) groups is 1. The fourth-order valence-corrected chi connectivity index (χ4v) is 4.04. The van der Waals surface area contributed by atoms with Crippen molar-refractivity contribution < 1.29 is 22.7 Å². The molecule has 0 aliphatic heterocycles. The Bertz CT molecular complexity index is 1180. The van der Waals surface area contributed by atoms with Crippen molar-refractivity contribution in [3.8, 4) is 17.2 Å². The van der Waals surface area contributed by atoms with Gasteiger partial charge in [-0.25, -0.2) is 8.42 Å². The van der Waals surface area contributed by atoms with E-state index in [0.717, 1.165) is 16.1 Å². The first-order chi connectivity index (χ1) is 15.7. The number of sulfonamides is 1. The highest BCUT2D eigenvalue weighted by molar-refractivity contribution is 7.92. The van der Waals surface area contributed by atoms with E-state index >= 15 is 0 Å². The smallest absolute Gasteiger partial charge is 0.241 e. The summed E-state index contributed by atoms with van der Waals surface area (Å²) in [4.78, 5) is 12.1. The number of hydrogen-bond acceptors (Lipinski definition) is 6. The van der Waals surface area contributed by atoms with Gasteiger partial charge >= 0.3 is 0 Å². The molecule has 0 radical (unpaired) electrons. The minimum Gasteiger partial charge on any atom is -0.497 e. The summed E-state index contributed by atoms with van der Waals surface area (Å²) in [5, 5.41) is 2.99. The summed E-state index contributed by atoms with van der Waals surface area (Å²) in [6, 6.07) is 20.1. The first-order valence-corrected chi connectivity index (χ1v) is 12.0. The van der Waals surface area contributed by atoms with Crippen LogP contribution in [0.15, 0.2) is 72.8 Å². The quantitative estimate of drug-likeness (QED) is 0.470. The third-order valence-corrected chi connectivity index (χ3v) is 6.07. The number of benzene rings is 3. The molecule has 0 fully saturated rings. The minimum absolute atomic E-state index is 0.182. The molecule has 1 amide bonds. The zero-order chi connectivity index (χ0) is 24.0. The number of rotatable bonds is 10. The van der Waals surface area contributed by atoms with Crippen molar-refractivity contribution in [1.82, 2.24) is 0 Å². The van der Waals surface area contributed by atoms with Gasteiger partial charge in [0, 0.05) is 5.69 Å². The zero-order valence-corrected chi connectivity index (χ0v) is 19.5. The number of aryl methyl sites for hydroxylation is 1. The van der Waals surface area contributed by atoms with Crippen molar-refractivity contribution in [1.29, 1.82) is 0 Å². The number of methoxy groups -OCH3 is 1. The number of nitrogens with two attached hydrogens (primary N) is 1. The van der Waals surface area contributed by atoms with E-state index in [2.05, 4.69) is 5.32 Å². The summed E-state index contributed by atoms with van der Waals surface area (Å²) < 4.78 is 37.1. The molecule has 8 nitrogen and oxygen atoms in total. The number of carbonyl (C=O) groups excluding carboxylic acids is 1. The van der Waals surface area contributed by atoms with Crippen LogP contribution in [0, 0.1) is 6.92 Å². The van der Waals surface area contributed by atoms with Gasteiger partial charge in [-0.1, -0.05) is 17.7 Å². The van der Waals surface area contributed by atoms with E-state index in [1.807, 2.05) is 31.2 Å². The van der Waals surface area contributed by atoms with Gasteiger partial charge in [-0.2, -0.15) is 0 Å². The van der Waals surface area contributed by atoms with Crippen LogP contribution in [-0.4, -0.2) is 40.3 Å². The number of primary amides is 1. The topological polar surface area (TPSA) is 111 Å². The Morgan fingerprint density at radius 1 is 0.939 bits per heavy atom. The van der Waals surface area contributed by atoms with Crippen LogP contribution < -0.4 is 24.8 Å². The molecule has 0 heterocycles. The molecule has 0 saturated heterocycles. The molecule has 3 rings (SSSR count). The molecule has 174 valence electrons. The molecule has 3 aromatic rings. The van der Waals surface area contributed by atoms with Crippen LogP contribution in [0.5, 0.6) is 17.2 Å². The maximum Gasteiger partial charge on any atom is 0.241 e. The third kappa shape index (κ3) is 6.63. The van der Waals surface area contributed by atoms with Gasteiger partial charge in [0.05, 0.1) is 25.6 Å². The number of nitrogens with one attached hydrogen (secondary N) is 1. The molecule has 0 spiro atoms. The molecular formula is C24H27N3O5S. The summed E-state index contributed by atoms with van der Waals surface area (Å²) in [5.41, 5.74) is 7.67. The Morgan fingerprint density at radius 2 is 1.45 bits per heavy atom. The van der Waals surface area contributed by atoms with Crippen LogP contribution in [0.1, 0.15) is 5.56 Å². The van der Waals surface area contributed by atoms with Crippen molar-refractivity contribution in [3.63, 3.8) is 0 Å². The third-order valence-electron chi connectivity index (χ3n) is 4.90. The first kappa shape index (κ1) is 23.9. The van der Waals surface area contributed by atoms with E-state index in [0.29, 0.717) is 28.6 Å². The van der Waals surface area contributed by atoms with E-state index in [4.69, 9.17) is 15.2 Å². The lowest BCUT2D eigenvalue weighted by atomic mass is 10.2. The zero-order valence-electron chi connectivity index (χ0n) is 18.7. The van der Waals surface area contributed by atoms with E-state index in [9.17, 15) is 13.2 Å². The molecule has 0 bridgehead atoms. The number of hydrogen-bond donors (Lipinski definition) is 2. The van der Waals surface area contributed by atoms with E-state index in [1.54, 1.807) is 55.6 Å². The van der Waals surface area contributed by atoms with Crippen molar-refractivity contribution in [2.75, 3.05) is 29.5 Å². The highest BCUT2D eigenvalue weighted by Gasteiger charge is 2.25. The number of nitrogens with zero attached hydrogens (tertiary/aromatic N) is 1. The standard InChI is InChI=1S/C24H27N3O5S/c1-17-4-10-21(11-5-17)32-22-14-8-19(9-15-22)27(33(3,29)30)16-23(24(25)28)26-18-6-12-20(31-2)13-7-18/h4-15,23,26H,16H2,1-3H3,(H2,25,28)/t23-/m0/s1. The fourth-order valence-electron chi connectivity index (χ4n) is 3.12. The van der Waals surface area contributed by atoms with Gasteiger partial charge in [-0.3, -0.25) is 9.10 Å². The largest absolute Gasteiger partial charge is 0.497 e. The number of amides is 1. The lowest BCUT2D eigenvalue weighted by Crippen LogP contribution is -2.47. The molecule has 0 aliphatic carbocycles. The number of anilines is 2. The molecular weight excluding hydrogens is 442 g/mol. The van der Waals surface area contributed by atoms with Crippen molar-refractivity contribution >= 4 is 27.3 Å². The van der Waals surface area contributed by atoms with Crippen molar-refractivity contribution in [2.45, 2.75) is 13.0 Å². The SMILES string of the molecule is COc1ccc(N[C@@H](CN(c2ccc(Oc3ccc(C)cc3)cc2)S(C)(=O)=O)C(N)=O)cc1. The second kappa shape index (κ2) is 10.3. The second-order valence-corrected chi connectivity index (χ2v) is 9.44. The van der Waals surface area contributed by atoms with Gasteiger partial charge in [0.15, 0.2) is 0 Å². The summed E-state index contributed by atoms with van der Waals surface area (Å²) >= 11 is 0. The van der Waals surface area contributed by atoms with Gasteiger partial charge < -0.3 is 20.5 Å². The van der Waals surface area contributed by atoms with Gasteiger partial charge in [0.1, 0.15) is 23.3 Å². The maximum absolute atomic E-state index is 12.5. The molecule has 0 aromatic heterocycles. The lowest BCUT2D eigenvalue weighted by molar-refractivity contribution is -0.118. The summed E-state index contributed by atoms with van der Waals surface area (Å²) in [6.07, 6.45) is 1.08. The van der Waals surface area contributed by atoms with Gasteiger partial charge in [-0.05, 0) is 67.6 Å². The first-order valence-electron chi connectivity index (χ1n) is 10.2. The monoisotopic (exact) mass is 469 g/mol. The summed E-state index contributed by atoms with van der Waals surface area (Å²) in [6.45, 7) is 1.81. The Balaban J connectivity index is 1.78. The maximum atomic E-state index is 12.5. The van der Waals surface area contributed by atoms with Crippen LogP contribution in [0.25, 0.3) is 0 Å². The van der Waals surface area contributed by atoms with E-state index in [-0.39, 0.29) is 6.54 Å². The van der Waals surface area contributed by atoms with Crippen LogP contribution in [0.3, 0.4) is 0 Å². The fraction of sp³-hybridized carbons (Fsp3) is 0.208. The van der Waals surface area contributed by atoms with Crippen LogP contribution in [0.2, 0.25) is 0 Å². The molecule has 3 aromatic carbocycles. The van der Waals surface area contributed by atoms with E-state index in [1.165, 1.54) is 0 Å². The average Bonchev–Trinajstić information content (AvgIpc) is 2.78. The predicted molar refractivity (Wildman–Crippen MR) is 129 cm³/mol. The highest BCUT2D eigenvalue weighted by Crippen LogP contribution is 2.26. The predicted octanol–water partition coefficient (Wildman–Crippen LogP) is 3.53. The lowest BCUT2D eigenvalue weighted by Gasteiger charge is -2.27. The molecule has 0 aliphatic rings. The Hall–Kier alpha value is -3.72. The van der Waals surface area contributed by atoms with Gasteiger partial charge in [-0.15, -0.1) is 0 Å². The molecule has 0 unspecified atom stereocenters. The molecule has 33 heavy (non-hydrogen) atoms. The Kier molecular flexibility index (Phi) is 7.44. The van der Waals surface area contributed by atoms with Crippen molar-refractivity contribution in [3.05, 3.63) is 78.4 Å². The van der Waals surface area contributed by atoms with E-state index < -0.39 is 22.0 Å². The van der Waals surface area contributed by atoms with Crippen LogP contribution >= 0.6 is 0 Å². The minimum atomic E-state index is -3.70. The Labute approximate surface area is 194 Å². The molecule has 0 saturated carbocycles. The number of ether oxygens (including phenoxy) is 2. The van der Waals surface area contributed by atoms with Crippen LogP contribution in [-0.2, 0) is 14.8 Å². The average molecular weight is 470 g/mol. The normalized spacial score (nSPS) is 12.0. The van der Waals surface area contributed by atoms with Crippen LogP contribution in [0.4, 0.5) is 11.4 Å². The molecule has 1 atom stereocenters. The van der Waals surface area contributed by atoms with Gasteiger partial charge in [0.2, 0.25) is 15.9 Å². The second-order valence-electron chi connectivity index (χ2n) is 7.53. The highest BCUT2D eigenvalue weighted by atomic mass is 32.2. The van der Waals surface area contributed by atoms with Crippen molar-refractivity contribution in [2.24, 2.45) is 5.73 Å². The molecule has 3 N–H and O–H groups in total. The van der Waals surface area contributed by atoms with Gasteiger partial charge in [0.25, 0.3) is 0 Å². The summed E-state index contributed by atoms with van der Waals surface area (Å²) in [7, 11) is -2.15. The molecule has 9 heteroatoms.